The Labute approximate surface area is 138 Å². The minimum Gasteiger partial charge on any atom is -0.508 e. The summed E-state index contributed by atoms with van der Waals surface area (Å²) in [6.07, 6.45) is 0. The minimum atomic E-state index is -1.02. The molecule has 0 saturated carbocycles. The van der Waals surface area contributed by atoms with Crippen LogP contribution in [0, 0.1) is 0 Å². The summed E-state index contributed by atoms with van der Waals surface area (Å²) in [5, 5.41) is 18.2. The first-order valence-corrected chi connectivity index (χ1v) is 7.32. The zero-order chi connectivity index (χ0) is 17.1. The van der Waals surface area contributed by atoms with Crippen molar-refractivity contribution >= 4 is 11.8 Å². The van der Waals surface area contributed by atoms with Crippen molar-refractivity contribution in [1.29, 1.82) is 0 Å². The van der Waals surface area contributed by atoms with Gasteiger partial charge in [-0.05, 0) is 35.4 Å². The first kappa shape index (κ1) is 15.5. The average Bonchev–Trinajstić information content (AvgIpc) is 2.62. The average molecular weight is 318 g/mol. The summed E-state index contributed by atoms with van der Waals surface area (Å²) in [7, 11) is 0. The summed E-state index contributed by atoms with van der Waals surface area (Å²) >= 11 is 0. The van der Waals surface area contributed by atoms with E-state index in [9.17, 15) is 14.7 Å². The predicted octanol–water partition coefficient (Wildman–Crippen LogP) is 3.99. The molecule has 0 aliphatic carbocycles. The van der Waals surface area contributed by atoms with Gasteiger partial charge in [-0.3, -0.25) is 4.79 Å². The molecule has 3 aromatic carbocycles. The van der Waals surface area contributed by atoms with Crippen molar-refractivity contribution in [2.24, 2.45) is 0 Å². The largest absolute Gasteiger partial charge is 0.508 e. The lowest BCUT2D eigenvalue weighted by molar-refractivity contribution is 0.0696. The Morgan fingerprint density at radius 3 is 1.42 bits per heavy atom. The molecule has 0 aliphatic rings. The molecule has 0 fully saturated rings. The van der Waals surface area contributed by atoms with Gasteiger partial charge in [0.2, 0.25) is 0 Å². The minimum absolute atomic E-state index is 0.147. The highest BCUT2D eigenvalue weighted by Crippen LogP contribution is 2.23. The Kier molecular flexibility index (Phi) is 4.12. The monoisotopic (exact) mass is 318 g/mol. The lowest BCUT2D eigenvalue weighted by Crippen LogP contribution is -2.02. The molecule has 3 rings (SSSR count). The van der Waals surface area contributed by atoms with Crippen molar-refractivity contribution in [2.45, 2.75) is 0 Å². The van der Waals surface area contributed by atoms with Crippen LogP contribution in [0.2, 0.25) is 0 Å². The fourth-order valence-electron chi connectivity index (χ4n) is 2.40. The molecule has 3 aromatic rings. The zero-order valence-electron chi connectivity index (χ0n) is 12.6. The number of carbonyl (C=O) groups excluding carboxylic acids is 1. The molecule has 4 nitrogen and oxygen atoms in total. The topological polar surface area (TPSA) is 74.6 Å². The molecular weight excluding hydrogens is 304 g/mol. The highest BCUT2D eigenvalue weighted by atomic mass is 16.4. The highest BCUT2D eigenvalue weighted by Gasteiger charge is 2.10. The number of phenols is 1. The number of hydrogen-bond donors (Lipinski definition) is 2. The second-order valence-electron chi connectivity index (χ2n) is 5.34. The van der Waals surface area contributed by atoms with E-state index in [1.54, 1.807) is 36.4 Å². The maximum Gasteiger partial charge on any atom is 0.335 e. The first-order chi connectivity index (χ1) is 11.5. The van der Waals surface area contributed by atoms with Gasteiger partial charge in [-0.1, -0.05) is 48.5 Å². The van der Waals surface area contributed by atoms with Crippen LogP contribution in [0.15, 0.2) is 72.8 Å². The van der Waals surface area contributed by atoms with Crippen LogP contribution in [0.25, 0.3) is 11.1 Å². The fourth-order valence-corrected chi connectivity index (χ4v) is 2.40. The number of hydrogen-bond acceptors (Lipinski definition) is 3. The number of rotatable bonds is 4. The fraction of sp³-hybridized carbons (Fsp3) is 0. The number of carboxylic acids is 1. The van der Waals surface area contributed by atoms with Crippen LogP contribution < -0.4 is 0 Å². The van der Waals surface area contributed by atoms with Gasteiger partial charge in [0.25, 0.3) is 0 Å². The molecule has 0 radical (unpaired) electrons. The molecule has 0 atom stereocenters. The van der Waals surface area contributed by atoms with Crippen molar-refractivity contribution < 1.29 is 19.8 Å². The van der Waals surface area contributed by atoms with Crippen LogP contribution in [-0.4, -0.2) is 22.0 Å². The molecule has 0 bridgehead atoms. The van der Waals surface area contributed by atoms with E-state index < -0.39 is 5.97 Å². The van der Waals surface area contributed by atoms with Gasteiger partial charge in [-0.15, -0.1) is 0 Å². The molecule has 0 amide bonds. The summed E-state index contributed by atoms with van der Waals surface area (Å²) in [5.41, 5.74) is 3.00. The Morgan fingerprint density at radius 1 is 0.583 bits per heavy atom. The second-order valence-corrected chi connectivity index (χ2v) is 5.34. The lowest BCUT2D eigenvalue weighted by atomic mass is 9.99. The molecule has 0 heterocycles. The van der Waals surface area contributed by atoms with Crippen LogP contribution in [-0.2, 0) is 0 Å². The van der Waals surface area contributed by atoms with E-state index in [1.807, 2.05) is 12.1 Å². The number of phenolic OH excluding ortho intramolecular Hbond substituents is 1. The Hall–Kier alpha value is -3.40. The molecule has 118 valence electrons. The van der Waals surface area contributed by atoms with Crippen molar-refractivity contribution in [1.82, 2.24) is 0 Å². The third kappa shape index (κ3) is 3.17. The number of benzene rings is 3. The van der Waals surface area contributed by atoms with Gasteiger partial charge in [0.1, 0.15) is 5.75 Å². The predicted molar refractivity (Wildman–Crippen MR) is 90.4 cm³/mol. The van der Waals surface area contributed by atoms with Crippen molar-refractivity contribution in [2.75, 3.05) is 0 Å². The molecule has 0 aliphatic heterocycles. The number of carboxylic acid groups (broad SMARTS) is 1. The second kappa shape index (κ2) is 6.38. The molecule has 0 aromatic heterocycles. The normalized spacial score (nSPS) is 10.3. The van der Waals surface area contributed by atoms with E-state index in [1.165, 1.54) is 24.3 Å². The molecule has 24 heavy (non-hydrogen) atoms. The van der Waals surface area contributed by atoms with E-state index in [0.717, 1.165) is 11.1 Å². The van der Waals surface area contributed by atoms with Gasteiger partial charge in [0, 0.05) is 11.1 Å². The van der Waals surface area contributed by atoms with Gasteiger partial charge in [0.05, 0.1) is 5.56 Å². The molecule has 2 N–H and O–H groups in total. The third-order valence-electron chi connectivity index (χ3n) is 3.74. The summed E-state index contributed by atoms with van der Waals surface area (Å²) in [6.45, 7) is 0. The van der Waals surface area contributed by atoms with E-state index in [2.05, 4.69) is 0 Å². The standard InChI is InChI=1S/C20H14O4/c21-18-11-9-14(10-12-18)13-1-3-15(4-2-13)19(22)16-5-7-17(8-6-16)20(23)24/h1-12,21H,(H,23,24). The molecular formula is C20H14O4. The van der Waals surface area contributed by atoms with Crippen molar-refractivity contribution in [3.05, 3.63) is 89.5 Å². The third-order valence-corrected chi connectivity index (χ3v) is 3.74. The summed E-state index contributed by atoms with van der Waals surface area (Å²) in [5.74, 6) is -0.980. The van der Waals surface area contributed by atoms with Crippen LogP contribution in [0.4, 0.5) is 0 Å². The van der Waals surface area contributed by atoms with Crippen LogP contribution in [0.5, 0.6) is 5.75 Å². The summed E-state index contributed by atoms with van der Waals surface area (Å²) < 4.78 is 0. The zero-order valence-corrected chi connectivity index (χ0v) is 12.6. The SMILES string of the molecule is O=C(O)c1ccc(C(=O)c2ccc(-c3ccc(O)cc3)cc2)cc1. The maximum atomic E-state index is 12.4. The number of ketones is 1. The number of aromatic hydroxyl groups is 1. The van der Waals surface area contributed by atoms with Crippen LogP contribution in [0.1, 0.15) is 26.3 Å². The van der Waals surface area contributed by atoms with Crippen molar-refractivity contribution in [3.63, 3.8) is 0 Å². The van der Waals surface area contributed by atoms with Gasteiger partial charge in [-0.2, -0.15) is 0 Å². The Bertz CT molecular complexity index is 876. The van der Waals surface area contributed by atoms with Crippen LogP contribution in [0.3, 0.4) is 0 Å². The Morgan fingerprint density at radius 2 is 0.958 bits per heavy atom. The summed E-state index contributed by atoms with van der Waals surface area (Å²) in [4.78, 5) is 23.3. The maximum absolute atomic E-state index is 12.4. The quantitative estimate of drug-likeness (QED) is 0.713. The molecule has 4 heteroatoms. The number of aromatic carboxylic acids is 1. The van der Waals surface area contributed by atoms with Gasteiger partial charge in [0.15, 0.2) is 5.78 Å². The molecule has 0 unspecified atom stereocenters. The van der Waals surface area contributed by atoms with Crippen LogP contribution >= 0.6 is 0 Å². The number of carbonyl (C=O) groups is 2. The van der Waals surface area contributed by atoms with E-state index in [4.69, 9.17) is 5.11 Å². The van der Waals surface area contributed by atoms with E-state index in [-0.39, 0.29) is 17.1 Å². The molecule has 0 spiro atoms. The first-order valence-electron chi connectivity index (χ1n) is 7.32. The van der Waals surface area contributed by atoms with Crippen molar-refractivity contribution in [3.8, 4) is 16.9 Å². The smallest absolute Gasteiger partial charge is 0.335 e. The van der Waals surface area contributed by atoms with Gasteiger partial charge < -0.3 is 10.2 Å². The van der Waals surface area contributed by atoms with E-state index >= 15 is 0 Å². The van der Waals surface area contributed by atoms with Gasteiger partial charge in [-0.25, -0.2) is 4.79 Å². The summed E-state index contributed by atoms with van der Waals surface area (Å²) in [6, 6.07) is 19.8. The highest BCUT2D eigenvalue weighted by molar-refractivity contribution is 6.09. The Balaban J connectivity index is 1.83. The van der Waals surface area contributed by atoms with E-state index in [0.29, 0.717) is 11.1 Å². The molecule has 0 saturated heterocycles. The lowest BCUT2D eigenvalue weighted by Gasteiger charge is -2.05. The van der Waals surface area contributed by atoms with Gasteiger partial charge >= 0.3 is 5.97 Å².